The third-order valence-electron chi connectivity index (χ3n) is 2.15. The number of carbonyl (C=O) groups excluding carboxylic acids is 1. The van der Waals surface area contributed by atoms with E-state index in [1.54, 1.807) is 12.3 Å². The second-order valence-electron chi connectivity index (χ2n) is 4.92. The summed E-state index contributed by atoms with van der Waals surface area (Å²) in [5.74, 6) is 0. The molecule has 0 spiro atoms. The first kappa shape index (κ1) is 12.2. The lowest BCUT2D eigenvalue weighted by Crippen LogP contribution is -2.21. The molecule has 0 atom stereocenters. The number of nitrogens with zero attached hydrogens (tertiary/aromatic N) is 1. The molecular weight excluding hydrogens is 206 g/mol. The van der Waals surface area contributed by atoms with Crippen molar-refractivity contribution in [1.29, 1.82) is 0 Å². The Morgan fingerprint density at radius 3 is 2.73 bits per heavy atom. The normalized spacial score (nSPS) is 11.7. The molecule has 0 radical (unpaired) electrons. The van der Waals surface area contributed by atoms with Crippen molar-refractivity contribution in [3.63, 3.8) is 0 Å². The molecule has 0 amide bonds. The van der Waals surface area contributed by atoms with E-state index in [0.29, 0.717) is 12.3 Å². The van der Waals surface area contributed by atoms with Gasteiger partial charge >= 0.3 is 0 Å². The van der Waals surface area contributed by atoms with Gasteiger partial charge in [-0.1, -0.05) is 19.6 Å². The summed E-state index contributed by atoms with van der Waals surface area (Å²) in [4.78, 5) is 10.4. The van der Waals surface area contributed by atoms with Crippen LogP contribution in [0.2, 0.25) is 25.7 Å². The Morgan fingerprint density at radius 2 is 2.20 bits per heavy atom. The van der Waals surface area contributed by atoms with Crippen LogP contribution < -0.4 is 0 Å². The second-order valence-corrected chi connectivity index (χ2v) is 10.5. The number of hydrogen-bond acceptors (Lipinski definition) is 2. The summed E-state index contributed by atoms with van der Waals surface area (Å²) < 4.78 is 7.42. The van der Waals surface area contributed by atoms with Gasteiger partial charge in [0.05, 0.1) is 0 Å². The highest BCUT2D eigenvalue weighted by atomic mass is 28.3. The summed E-state index contributed by atoms with van der Waals surface area (Å²) in [7, 11) is -0.988. The van der Waals surface area contributed by atoms with E-state index in [0.717, 1.165) is 12.9 Å². The molecule has 0 aromatic carbocycles. The van der Waals surface area contributed by atoms with Crippen LogP contribution in [0.3, 0.4) is 0 Å². The molecule has 15 heavy (non-hydrogen) atoms. The number of aldehydes is 1. The zero-order chi connectivity index (χ0) is 11.3. The van der Waals surface area contributed by atoms with Crippen LogP contribution in [0.25, 0.3) is 0 Å². The highest BCUT2D eigenvalue weighted by Gasteiger charge is 2.11. The molecule has 0 aliphatic heterocycles. The Hall–Kier alpha value is -0.873. The van der Waals surface area contributed by atoms with E-state index in [1.165, 1.54) is 6.04 Å². The number of ether oxygens (including phenoxy) is 1. The van der Waals surface area contributed by atoms with Crippen molar-refractivity contribution in [2.24, 2.45) is 0 Å². The van der Waals surface area contributed by atoms with Gasteiger partial charge in [0.15, 0.2) is 6.29 Å². The minimum Gasteiger partial charge on any atom is -0.361 e. The average molecular weight is 225 g/mol. The molecule has 0 unspecified atom stereocenters. The zero-order valence-corrected chi connectivity index (χ0v) is 10.7. The predicted molar refractivity (Wildman–Crippen MR) is 63.9 cm³/mol. The Bertz CT molecular complexity index is 315. The molecule has 0 fully saturated rings. The third kappa shape index (κ3) is 4.95. The summed E-state index contributed by atoms with van der Waals surface area (Å²) in [6, 6.07) is 2.96. The zero-order valence-electron chi connectivity index (χ0n) is 9.69. The van der Waals surface area contributed by atoms with E-state index in [2.05, 4.69) is 19.6 Å². The molecular formula is C11H19NO2Si. The molecule has 1 aromatic heterocycles. The summed E-state index contributed by atoms with van der Waals surface area (Å²) in [5.41, 5.74) is 0.698. The van der Waals surface area contributed by atoms with Crippen LogP contribution >= 0.6 is 0 Å². The Morgan fingerprint density at radius 1 is 1.47 bits per heavy atom. The molecule has 1 rings (SSSR count). The summed E-state index contributed by atoms with van der Waals surface area (Å²) >= 11 is 0. The van der Waals surface area contributed by atoms with E-state index in [4.69, 9.17) is 4.74 Å². The smallest absolute Gasteiger partial charge is 0.151 e. The molecule has 0 bridgehead atoms. The first-order chi connectivity index (χ1) is 7.01. The van der Waals surface area contributed by atoms with Gasteiger partial charge < -0.3 is 9.30 Å². The summed E-state index contributed by atoms with van der Waals surface area (Å²) in [6.07, 6.45) is 4.50. The molecule has 84 valence electrons. The van der Waals surface area contributed by atoms with E-state index in [9.17, 15) is 4.79 Å². The topological polar surface area (TPSA) is 31.2 Å². The lowest BCUT2D eigenvalue weighted by molar-refractivity contribution is 0.0873. The van der Waals surface area contributed by atoms with Crippen molar-refractivity contribution in [3.8, 4) is 0 Å². The first-order valence-electron chi connectivity index (χ1n) is 5.20. The molecule has 1 aromatic rings. The molecule has 0 saturated carbocycles. The van der Waals surface area contributed by atoms with Gasteiger partial charge in [-0.3, -0.25) is 4.79 Å². The van der Waals surface area contributed by atoms with Crippen molar-refractivity contribution in [2.45, 2.75) is 32.4 Å². The van der Waals surface area contributed by atoms with Crippen LogP contribution in [0, 0.1) is 0 Å². The van der Waals surface area contributed by atoms with Crippen LogP contribution in [-0.4, -0.2) is 25.5 Å². The van der Waals surface area contributed by atoms with Gasteiger partial charge in [0.1, 0.15) is 6.73 Å². The largest absolute Gasteiger partial charge is 0.361 e. The highest BCUT2D eigenvalue weighted by Crippen LogP contribution is 2.08. The van der Waals surface area contributed by atoms with E-state index in [1.807, 2.05) is 10.8 Å². The number of rotatable bonds is 6. The third-order valence-corrected chi connectivity index (χ3v) is 3.85. The minimum atomic E-state index is -0.988. The lowest BCUT2D eigenvalue weighted by Gasteiger charge is -2.15. The first-order valence-corrected chi connectivity index (χ1v) is 8.91. The monoisotopic (exact) mass is 225 g/mol. The van der Waals surface area contributed by atoms with Gasteiger partial charge in [-0.2, -0.15) is 0 Å². The van der Waals surface area contributed by atoms with Crippen LogP contribution in [0.1, 0.15) is 10.4 Å². The van der Waals surface area contributed by atoms with Crippen LogP contribution in [0.4, 0.5) is 0 Å². The van der Waals surface area contributed by atoms with E-state index < -0.39 is 8.07 Å². The van der Waals surface area contributed by atoms with Crippen LogP contribution in [0.15, 0.2) is 18.5 Å². The van der Waals surface area contributed by atoms with Gasteiger partial charge in [0.25, 0.3) is 0 Å². The lowest BCUT2D eigenvalue weighted by atomic mass is 10.4. The summed E-state index contributed by atoms with van der Waals surface area (Å²) in [5, 5.41) is 0. The van der Waals surface area contributed by atoms with E-state index in [-0.39, 0.29) is 0 Å². The van der Waals surface area contributed by atoms with Crippen LogP contribution in [-0.2, 0) is 11.5 Å². The Balaban J connectivity index is 2.23. The number of carbonyl (C=O) groups is 1. The maximum Gasteiger partial charge on any atom is 0.151 e. The fourth-order valence-corrected chi connectivity index (χ4v) is 1.91. The standard InChI is InChI=1S/C11H19NO2Si/c1-15(2,3)7-6-14-10-12-5-4-11(8-12)9-13/h4-5,8-9H,6-7,10H2,1-3H3. The van der Waals surface area contributed by atoms with Crippen molar-refractivity contribution in [2.75, 3.05) is 6.61 Å². The minimum absolute atomic E-state index is 0.540. The van der Waals surface area contributed by atoms with Gasteiger partial charge in [-0.25, -0.2) is 0 Å². The van der Waals surface area contributed by atoms with Gasteiger partial charge in [0.2, 0.25) is 0 Å². The molecule has 4 heteroatoms. The number of aromatic nitrogens is 1. The molecule has 0 aliphatic carbocycles. The fraction of sp³-hybridized carbons (Fsp3) is 0.545. The Kier molecular flexibility index (Phi) is 4.29. The SMILES string of the molecule is C[Si](C)(C)CCOCn1ccc(C=O)c1. The Labute approximate surface area is 92.1 Å². The average Bonchev–Trinajstić information content (AvgIpc) is 2.59. The molecule has 0 N–H and O–H groups in total. The van der Waals surface area contributed by atoms with Crippen molar-refractivity contribution in [1.82, 2.24) is 4.57 Å². The van der Waals surface area contributed by atoms with Crippen molar-refractivity contribution in [3.05, 3.63) is 24.0 Å². The second kappa shape index (κ2) is 5.28. The highest BCUT2D eigenvalue weighted by molar-refractivity contribution is 6.76. The predicted octanol–water partition coefficient (Wildman–Crippen LogP) is 2.61. The maximum atomic E-state index is 10.4. The van der Waals surface area contributed by atoms with Gasteiger partial charge in [-0.15, -0.1) is 0 Å². The van der Waals surface area contributed by atoms with Gasteiger partial charge in [0, 0.05) is 32.6 Å². The quantitative estimate of drug-likeness (QED) is 0.423. The van der Waals surface area contributed by atoms with E-state index >= 15 is 0 Å². The molecule has 0 aliphatic rings. The number of hydrogen-bond donors (Lipinski definition) is 0. The van der Waals surface area contributed by atoms with Crippen molar-refractivity contribution < 1.29 is 9.53 Å². The maximum absolute atomic E-state index is 10.4. The summed E-state index contributed by atoms with van der Waals surface area (Å²) in [6.45, 7) is 8.34. The molecule has 1 heterocycles. The van der Waals surface area contributed by atoms with Gasteiger partial charge in [-0.05, 0) is 12.1 Å². The fourth-order valence-electron chi connectivity index (χ4n) is 1.16. The molecule has 3 nitrogen and oxygen atoms in total. The molecule has 0 saturated heterocycles. The van der Waals surface area contributed by atoms with Crippen molar-refractivity contribution >= 4 is 14.4 Å². The van der Waals surface area contributed by atoms with Crippen LogP contribution in [0.5, 0.6) is 0 Å².